The average molecular weight is 411 g/mol. The average Bonchev–Trinajstić information content (AvgIpc) is 3.20. The number of hydrogen-bond acceptors (Lipinski definition) is 5. The van der Waals surface area contributed by atoms with E-state index in [1.165, 1.54) is 36.4 Å². The molecule has 0 saturated heterocycles. The molecule has 0 aliphatic heterocycles. The maximum absolute atomic E-state index is 13.2. The predicted octanol–water partition coefficient (Wildman–Crippen LogP) is 5.57. The molecule has 2 aromatic heterocycles. The zero-order valence-corrected chi connectivity index (χ0v) is 15.1. The number of furan rings is 1. The zero-order chi connectivity index (χ0) is 21.3. The lowest BCUT2D eigenvalue weighted by Crippen LogP contribution is -2.22. The highest BCUT2D eigenvalue weighted by Crippen LogP contribution is 2.30. The monoisotopic (exact) mass is 411 g/mol. The predicted molar refractivity (Wildman–Crippen MR) is 105 cm³/mol. The summed E-state index contributed by atoms with van der Waals surface area (Å²) < 4.78 is 45.8. The Morgan fingerprint density at radius 3 is 2.53 bits per heavy atom. The molecule has 0 amide bonds. The Bertz CT molecular complexity index is 1340. The van der Waals surface area contributed by atoms with Gasteiger partial charge in [-0.2, -0.15) is 13.2 Å². The number of nitroso groups, excluding NO2 is 1. The van der Waals surface area contributed by atoms with Crippen molar-refractivity contribution in [2.24, 2.45) is 5.18 Å². The van der Waals surface area contributed by atoms with Crippen molar-refractivity contribution in [3.05, 3.63) is 93.1 Å². The second kappa shape index (κ2) is 7.43. The van der Waals surface area contributed by atoms with E-state index >= 15 is 0 Å². The van der Waals surface area contributed by atoms with Crippen LogP contribution in [0.25, 0.3) is 28.7 Å². The summed E-state index contributed by atoms with van der Waals surface area (Å²) in [6, 6.07) is 13.8. The second-order valence-corrected chi connectivity index (χ2v) is 6.28. The van der Waals surface area contributed by atoms with Gasteiger partial charge in [0, 0.05) is 11.2 Å². The van der Waals surface area contributed by atoms with Crippen molar-refractivity contribution in [3.8, 4) is 5.69 Å². The number of rotatable bonds is 4. The number of para-hydroxylation sites is 1. The summed E-state index contributed by atoms with van der Waals surface area (Å²) in [4.78, 5) is 28.0. The number of benzene rings is 2. The zero-order valence-electron chi connectivity index (χ0n) is 15.1. The first-order chi connectivity index (χ1) is 14.4. The van der Waals surface area contributed by atoms with Gasteiger partial charge in [0.05, 0.1) is 22.2 Å². The first kappa shape index (κ1) is 19.3. The number of nitrogens with zero attached hydrogens (tertiary/aromatic N) is 3. The molecule has 6 nitrogen and oxygen atoms in total. The van der Waals surface area contributed by atoms with Gasteiger partial charge < -0.3 is 4.42 Å². The molecule has 150 valence electrons. The summed E-state index contributed by atoms with van der Waals surface area (Å²) in [6.45, 7) is 0. The highest BCUT2D eigenvalue weighted by Gasteiger charge is 2.30. The van der Waals surface area contributed by atoms with Crippen LogP contribution in [0.4, 0.5) is 19.1 Å². The summed E-state index contributed by atoms with van der Waals surface area (Å²) in [5.41, 5.74) is -1.00. The van der Waals surface area contributed by atoms with E-state index in [1.807, 2.05) is 0 Å². The molecular formula is C21H12F3N3O3. The van der Waals surface area contributed by atoms with Gasteiger partial charge in [-0.25, -0.2) is 4.98 Å². The molecule has 4 rings (SSSR count). The van der Waals surface area contributed by atoms with Crippen LogP contribution in [0.1, 0.15) is 17.1 Å². The molecule has 0 atom stereocenters. The van der Waals surface area contributed by atoms with Crippen LogP contribution in [0.3, 0.4) is 0 Å². The third-order valence-electron chi connectivity index (χ3n) is 4.33. The molecule has 0 aliphatic carbocycles. The van der Waals surface area contributed by atoms with Gasteiger partial charge in [-0.05, 0) is 48.6 Å². The minimum atomic E-state index is -4.56. The van der Waals surface area contributed by atoms with Gasteiger partial charge in [0.2, 0.25) is 0 Å². The molecule has 0 bridgehead atoms. The third-order valence-corrected chi connectivity index (χ3v) is 4.33. The number of fused-ring (bicyclic) bond motifs is 1. The summed E-state index contributed by atoms with van der Waals surface area (Å²) in [5.74, 6) is 0.231. The minimum Gasteiger partial charge on any atom is -0.436 e. The van der Waals surface area contributed by atoms with E-state index in [1.54, 1.807) is 24.3 Å². The normalized spacial score (nSPS) is 12.0. The fourth-order valence-corrected chi connectivity index (χ4v) is 2.97. The first-order valence-corrected chi connectivity index (χ1v) is 8.67. The van der Waals surface area contributed by atoms with E-state index < -0.39 is 17.3 Å². The smallest absolute Gasteiger partial charge is 0.416 e. The van der Waals surface area contributed by atoms with Crippen molar-refractivity contribution < 1.29 is 17.6 Å². The van der Waals surface area contributed by atoms with Gasteiger partial charge in [0.1, 0.15) is 11.6 Å². The third kappa shape index (κ3) is 3.64. The molecule has 0 unspecified atom stereocenters. The van der Waals surface area contributed by atoms with Gasteiger partial charge in [0.15, 0.2) is 0 Å². The summed E-state index contributed by atoms with van der Waals surface area (Å²) >= 11 is 0. The highest BCUT2D eigenvalue weighted by atomic mass is 19.4. The number of halogens is 3. The molecule has 0 spiro atoms. The van der Waals surface area contributed by atoms with Crippen molar-refractivity contribution in [3.63, 3.8) is 0 Å². The van der Waals surface area contributed by atoms with Gasteiger partial charge in [0.25, 0.3) is 11.4 Å². The fourth-order valence-electron chi connectivity index (χ4n) is 2.97. The first-order valence-electron chi connectivity index (χ1n) is 8.67. The van der Waals surface area contributed by atoms with Gasteiger partial charge in [-0.15, -0.1) is 4.91 Å². The molecule has 0 N–H and O–H groups in total. The molecular weight excluding hydrogens is 399 g/mol. The summed E-state index contributed by atoms with van der Waals surface area (Å²) in [5, 5.41) is 2.93. The minimum absolute atomic E-state index is 0.0161. The molecule has 4 aromatic rings. The molecule has 0 radical (unpaired) electrons. The lowest BCUT2D eigenvalue weighted by molar-refractivity contribution is -0.137. The van der Waals surface area contributed by atoms with Crippen LogP contribution in [0.5, 0.6) is 0 Å². The van der Waals surface area contributed by atoms with E-state index in [9.17, 15) is 22.9 Å². The lowest BCUT2D eigenvalue weighted by Gasteiger charge is -2.13. The van der Waals surface area contributed by atoms with Crippen LogP contribution in [0.2, 0.25) is 0 Å². The highest BCUT2D eigenvalue weighted by molar-refractivity contribution is 5.80. The quantitative estimate of drug-likeness (QED) is 0.412. The van der Waals surface area contributed by atoms with Crippen LogP contribution in [-0.4, -0.2) is 9.55 Å². The van der Waals surface area contributed by atoms with Crippen molar-refractivity contribution in [2.75, 3.05) is 0 Å². The van der Waals surface area contributed by atoms with E-state index in [4.69, 9.17) is 4.42 Å². The van der Waals surface area contributed by atoms with Crippen LogP contribution < -0.4 is 5.56 Å². The van der Waals surface area contributed by atoms with Crippen LogP contribution in [-0.2, 0) is 6.18 Å². The lowest BCUT2D eigenvalue weighted by atomic mass is 10.1. The largest absolute Gasteiger partial charge is 0.436 e. The summed E-state index contributed by atoms with van der Waals surface area (Å²) in [6.07, 6.45) is -1.71. The van der Waals surface area contributed by atoms with Crippen molar-refractivity contribution >= 4 is 28.9 Å². The van der Waals surface area contributed by atoms with E-state index in [-0.39, 0.29) is 28.5 Å². The molecule has 9 heteroatoms. The molecule has 30 heavy (non-hydrogen) atoms. The van der Waals surface area contributed by atoms with Gasteiger partial charge >= 0.3 is 6.18 Å². The number of alkyl halides is 3. The van der Waals surface area contributed by atoms with Gasteiger partial charge in [-0.1, -0.05) is 18.2 Å². The Morgan fingerprint density at radius 1 is 1.00 bits per heavy atom. The Hall–Kier alpha value is -4.01. The Labute approximate surface area is 166 Å². The Kier molecular flexibility index (Phi) is 4.78. The van der Waals surface area contributed by atoms with Crippen LogP contribution in [0.15, 0.2) is 75.1 Å². The molecule has 0 saturated carbocycles. The molecule has 0 fully saturated rings. The van der Waals surface area contributed by atoms with E-state index in [0.717, 1.165) is 16.7 Å². The molecule has 0 aliphatic rings. The Balaban J connectivity index is 1.93. The maximum Gasteiger partial charge on any atom is 0.416 e. The fraction of sp³-hybridized carbons (Fsp3) is 0.0476. The van der Waals surface area contributed by atoms with E-state index in [2.05, 4.69) is 10.2 Å². The summed E-state index contributed by atoms with van der Waals surface area (Å²) in [7, 11) is 0. The Morgan fingerprint density at radius 2 is 1.80 bits per heavy atom. The van der Waals surface area contributed by atoms with Crippen molar-refractivity contribution in [2.45, 2.75) is 6.18 Å². The number of aromatic nitrogens is 2. The second-order valence-electron chi connectivity index (χ2n) is 6.28. The van der Waals surface area contributed by atoms with Crippen molar-refractivity contribution in [1.82, 2.24) is 9.55 Å². The topological polar surface area (TPSA) is 77.5 Å². The van der Waals surface area contributed by atoms with Crippen molar-refractivity contribution in [1.29, 1.82) is 0 Å². The van der Waals surface area contributed by atoms with Crippen LogP contribution in [0, 0.1) is 4.91 Å². The van der Waals surface area contributed by atoms with E-state index in [0.29, 0.717) is 5.52 Å². The van der Waals surface area contributed by atoms with Crippen LogP contribution >= 0.6 is 0 Å². The molecule has 2 aromatic carbocycles. The maximum atomic E-state index is 13.2. The standard InChI is InChI=1S/C21H12F3N3O3/c22-21(23,24)13-4-3-5-14(12-13)27-18(10-8-15-9-11-19(26-29)30-15)25-17-7-2-1-6-16(17)20(27)28/h1-12H/b10-8+. The SMILES string of the molecule is O=Nc1ccc(/C=C/c2nc3ccccc3c(=O)n2-c2cccc(C(F)(F)F)c2)o1. The van der Waals surface area contributed by atoms with Gasteiger partial charge in [-0.3, -0.25) is 9.36 Å². The molecule has 2 heterocycles. The number of hydrogen-bond donors (Lipinski definition) is 0.